The van der Waals surface area contributed by atoms with E-state index in [0.29, 0.717) is 17.8 Å². The molecule has 3 amide bonds. The van der Waals surface area contributed by atoms with E-state index in [0.717, 1.165) is 17.7 Å². The van der Waals surface area contributed by atoms with Crippen LogP contribution in [0.15, 0.2) is 66.7 Å². The fraction of sp³-hybridized carbons (Fsp3) is 0.150. The Labute approximate surface area is 162 Å². The van der Waals surface area contributed by atoms with E-state index in [-0.39, 0.29) is 19.1 Å². The van der Waals surface area contributed by atoms with Crippen LogP contribution in [0.1, 0.15) is 15.9 Å². The molecular weight excluding hydrogens is 362 g/mol. The number of aliphatic hydroxyl groups excluding tert-OH is 1. The standard InChI is InChI=1S/C20H21N3O5/c24-13-12-23(20(27)16-4-2-1-3-5-16)14-15-6-8-17(9-7-15)21-18(25)10-11-19(26)22-28/h1-11,24,28H,12-14H2,(H,21,25)(H,22,26). The Kier molecular flexibility index (Phi) is 7.89. The van der Waals surface area contributed by atoms with Crippen molar-refractivity contribution in [2.45, 2.75) is 6.54 Å². The molecule has 4 N–H and O–H groups in total. The zero-order valence-corrected chi connectivity index (χ0v) is 15.0. The Hall–Kier alpha value is -3.49. The van der Waals surface area contributed by atoms with Gasteiger partial charge in [-0.15, -0.1) is 0 Å². The summed E-state index contributed by atoms with van der Waals surface area (Å²) in [6, 6.07) is 15.7. The lowest BCUT2D eigenvalue weighted by Gasteiger charge is -2.22. The third-order valence-electron chi connectivity index (χ3n) is 3.77. The maximum absolute atomic E-state index is 12.6. The third-order valence-corrected chi connectivity index (χ3v) is 3.77. The Balaban J connectivity index is 2.01. The summed E-state index contributed by atoms with van der Waals surface area (Å²) in [5, 5.41) is 20.2. The second kappa shape index (κ2) is 10.6. The van der Waals surface area contributed by atoms with E-state index in [1.165, 1.54) is 5.48 Å². The van der Waals surface area contributed by atoms with Crippen LogP contribution in [0.2, 0.25) is 0 Å². The number of hydrogen-bond acceptors (Lipinski definition) is 5. The van der Waals surface area contributed by atoms with Crippen molar-refractivity contribution in [3.8, 4) is 0 Å². The SMILES string of the molecule is O=C(C=CC(=O)Nc1ccc(CN(CCO)C(=O)c2ccccc2)cc1)NO. The lowest BCUT2D eigenvalue weighted by Crippen LogP contribution is -2.33. The molecule has 28 heavy (non-hydrogen) atoms. The minimum absolute atomic E-state index is 0.152. The zero-order valence-electron chi connectivity index (χ0n) is 15.0. The molecular formula is C20H21N3O5. The molecule has 0 radical (unpaired) electrons. The predicted molar refractivity (Wildman–Crippen MR) is 102 cm³/mol. The van der Waals surface area contributed by atoms with E-state index in [2.05, 4.69) is 5.32 Å². The molecule has 0 saturated heterocycles. The molecule has 0 bridgehead atoms. The first-order chi connectivity index (χ1) is 13.5. The van der Waals surface area contributed by atoms with Gasteiger partial charge < -0.3 is 15.3 Å². The quantitative estimate of drug-likeness (QED) is 0.311. The maximum Gasteiger partial charge on any atom is 0.267 e. The smallest absolute Gasteiger partial charge is 0.267 e. The number of aliphatic hydroxyl groups is 1. The minimum Gasteiger partial charge on any atom is -0.395 e. The van der Waals surface area contributed by atoms with Crippen LogP contribution in [0.3, 0.4) is 0 Å². The molecule has 0 aliphatic carbocycles. The maximum atomic E-state index is 12.6. The molecule has 8 nitrogen and oxygen atoms in total. The summed E-state index contributed by atoms with van der Waals surface area (Å²) < 4.78 is 0. The second-order valence-corrected chi connectivity index (χ2v) is 5.81. The van der Waals surface area contributed by atoms with Gasteiger partial charge in [-0.1, -0.05) is 30.3 Å². The van der Waals surface area contributed by atoms with Gasteiger partial charge >= 0.3 is 0 Å². The van der Waals surface area contributed by atoms with Crippen molar-refractivity contribution in [1.82, 2.24) is 10.4 Å². The van der Waals surface area contributed by atoms with Gasteiger partial charge in [0.25, 0.3) is 11.8 Å². The van der Waals surface area contributed by atoms with Crippen LogP contribution in [0.4, 0.5) is 5.69 Å². The second-order valence-electron chi connectivity index (χ2n) is 5.81. The van der Waals surface area contributed by atoms with Crippen molar-refractivity contribution < 1.29 is 24.7 Å². The molecule has 0 unspecified atom stereocenters. The van der Waals surface area contributed by atoms with Crippen molar-refractivity contribution in [2.24, 2.45) is 0 Å². The van der Waals surface area contributed by atoms with Crippen molar-refractivity contribution in [3.63, 3.8) is 0 Å². The molecule has 0 aliphatic rings. The number of benzene rings is 2. The summed E-state index contributed by atoms with van der Waals surface area (Å²) in [5.74, 6) is -1.52. The number of hydrogen-bond donors (Lipinski definition) is 4. The van der Waals surface area contributed by atoms with Gasteiger partial charge in [0, 0.05) is 36.5 Å². The number of anilines is 1. The summed E-state index contributed by atoms with van der Waals surface area (Å²) in [5.41, 5.74) is 3.26. The molecule has 146 valence electrons. The van der Waals surface area contributed by atoms with Crippen LogP contribution in [-0.2, 0) is 16.1 Å². The molecule has 8 heteroatoms. The number of carbonyl (C=O) groups excluding carboxylic acids is 3. The fourth-order valence-electron chi connectivity index (χ4n) is 2.42. The first kappa shape index (κ1) is 20.8. The summed E-state index contributed by atoms with van der Waals surface area (Å²) in [6.07, 6.45) is 1.88. The normalized spacial score (nSPS) is 10.5. The van der Waals surface area contributed by atoms with Gasteiger partial charge in [0.1, 0.15) is 0 Å². The van der Waals surface area contributed by atoms with Gasteiger partial charge in [-0.2, -0.15) is 0 Å². The first-order valence-electron chi connectivity index (χ1n) is 8.50. The largest absolute Gasteiger partial charge is 0.395 e. The monoisotopic (exact) mass is 383 g/mol. The molecule has 0 aliphatic heterocycles. The number of hydroxylamine groups is 1. The topological polar surface area (TPSA) is 119 Å². The molecule has 0 fully saturated rings. The van der Waals surface area contributed by atoms with Gasteiger partial charge in [-0.05, 0) is 29.8 Å². The zero-order chi connectivity index (χ0) is 20.4. The first-order valence-corrected chi connectivity index (χ1v) is 8.50. The molecule has 0 saturated carbocycles. The van der Waals surface area contributed by atoms with E-state index in [9.17, 15) is 19.5 Å². The Morgan fingerprint density at radius 1 is 0.929 bits per heavy atom. The Morgan fingerprint density at radius 2 is 1.57 bits per heavy atom. The summed E-state index contributed by atoms with van der Waals surface area (Å²) in [7, 11) is 0. The van der Waals surface area contributed by atoms with E-state index in [4.69, 9.17) is 5.21 Å². The molecule has 2 aromatic rings. The third kappa shape index (κ3) is 6.35. The highest BCUT2D eigenvalue weighted by molar-refractivity contribution is 6.03. The van der Waals surface area contributed by atoms with Gasteiger partial charge in [0.05, 0.1) is 6.61 Å². The van der Waals surface area contributed by atoms with Gasteiger partial charge in [-0.25, -0.2) is 5.48 Å². The molecule has 0 spiro atoms. The summed E-state index contributed by atoms with van der Waals surface area (Å²) >= 11 is 0. The van der Waals surface area contributed by atoms with E-state index in [1.54, 1.807) is 53.4 Å². The lowest BCUT2D eigenvalue weighted by molar-refractivity contribution is -0.124. The average Bonchev–Trinajstić information content (AvgIpc) is 2.73. The lowest BCUT2D eigenvalue weighted by atomic mass is 10.1. The number of carbonyl (C=O) groups is 3. The minimum atomic E-state index is -0.808. The molecule has 2 aromatic carbocycles. The van der Waals surface area contributed by atoms with Crippen molar-refractivity contribution >= 4 is 23.4 Å². The van der Waals surface area contributed by atoms with Crippen molar-refractivity contribution in [2.75, 3.05) is 18.5 Å². The van der Waals surface area contributed by atoms with E-state index >= 15 is 0 Å². The van der Waals surface area contributed by atoms with Gasteiger partial charge in [0.15, 0.2) is 0 Å². The molecule has 0 atom stereocenters. The van der Waals surface area contributed by atoms with Crippen LogP contribution in [0.5, 0.6) is 0 Å². The van der Waals surface area contributed by atoms with Crippen LogP contribution in [0.25, 0.3) is 0 Å². The van der Waals surface area contributed by atoms with Gasteiger partial charge in [0.2, 0.25) is 5.91 Å². The molecule has 2 rings (SSSR count). The number of nitrogens with one attached hydrogen (secondary N) is 2. The van der Waals surface area contributed by atoms with Crippen molar-refractivity contribution in [3.05, 3.63) is 77.9 Å². The highest BCUT2D eigenvalue weighted by atomic mass is 16.5. The average molecular weight is 383 g/mol. The summed E-state index contributed by atoms with van der Waals surface area (Å²) in [6.45, 7) is 0.351. The fourth-order valence-corrected chi connectivity index (χ4v) is 2.42. The van der Waals surface area contributed by atoms with Crippen LogP contribution in [-0.4, -0.2) is 46.1 Å². The van der Waals surface area contributed by atoms with E-state index in [1.807, 2.05) is 6.07 Å². The molecule has 0 heterocycles. The van der Waals surface area contributed by atoms with Crippen LogP contribution in [0, 0.1) is 0 Å². The predicted octanol–water partition coefficient (Wildman–Crippen LogP) is 1.32. The highest BCUT2D eigenvalue weighted by Crippen LogP contribution is 2.14. The van der Waals surface area contributed by atoms with Crippen LogP contribution < -0.4 is 10.8 Å². The van der Waals surface area contributed by atoms with Crippen molar-refractivity contribution in [1.29, 1.82) is 0 Å². The van der Waals surface area contributed by atoms with Gasteiger partial charge in [-0.3, -0.25) is 19.6 Å². The summed E-state index contributed by atoms with van der Waals surface area (Å²) in [4.78, 5) is 36.7. The highest BCUT2D eigenvalue weighted by Gasteiger charge is 2.15. The Bertz CT molecular complexity index is 835. The Morgan fingerprint density at radius 3 is 2.18 bits per heavy atom. The number of amides is 3. The van der Waals surface area contributed by atoms with E-state index < -0.39 is 11.8 Å². The van der Waals surface area contributed by atoms with Crippen LogP contribution >= 0.6 is 0 Å². The number of nitrogens with zero attached hydrogens (tertiary/aromatic N) is 1. The number of rotatable bonds is 8. The molecule has 0 aromatic heterocycles.